The van der Waals surface area contributed by atoms with Crippen LogP contribution in [0.2, 0.25) is 0 Å². The highest BCUT2D eigenvalue weighted by Crippen LogP contribution is 2.34. The summed E-state index contributed by atoms with van der Waals surface area (Å²) in [6.07, 6.45) is 5.72. The van der Waals surface area contributed by atoms with E-state index in [1.807, 2.05) is 9.80 Å². The van der Waals surface area contributed by atoms with Crippen LogP contribution in [0, 0.1) is 17.7 Å². The number of aromatic nitrogens is 1. The first-order valence-corrected chi connectivity index (χ1v) is 14.1. The van der Waals surface area contributed by atoms with E-state index in [9.17, 15) is 14.0 Å². The molecular weight excluding hydrogens is 508 g/mol. The molecule has 1 aromatic rings. The van der Waals surface area contributed by atoms with E-state index in [0.29, 0.717) is 37.8 Å². The maximum Gasteiger partial charge on any atom is 0.238 e. The van der Waals surface area contributed by atoms with Crippen LogP contribution in [0.1, 0.15) is 32.1 Å². The normalized spacial score (nSPS) is 28.6. The van der Waals surface area contributed by atoms with Crippen LogP contribution in [0.15, 0.2) is 17.4 Å². The van der Waals surface area contributed by atoms with Gasteiger partial charge in [-0.1, -0.05) is 6.42 Å². The predicted molar refractivity (Wildman–Crippen MR) is 142 cm³/mol. The summed E-state index contributed by atoms with van der Waals surface area (Å²) < 4.78 is 28.8. The third-order valence-electron chi connectivity index (χ3n) is 8.84. The van der Waals surface area contributed by atoms with Gasteiger partial charge in [0.05, 0.1) is 37.3 Å². The van der Waals surface area contributed by atoms with Gasteiger partial charge in [0.25, 0.3) is 0 Å². The zero-order valence-electron chi connectivity index (χ0n) is 22.1. The number of nitrogens with two attached hydrogens (primary N) is 1. The number of alkyl halides is 1. The number of fused-ring (bicyclic) bond motifs is 1. The number of nitrogens with zero attached hydrogens (tertiary/aromatic N) is 6. The summed E-state index contributed by atoms with van der Waals surface area (Å²) in [7, 11) is 0. The number of anilines is 2. The smallest absolute Gasteiger partial charge is 0.238 e. The maximum atomic E-state index is 15.1. The van der Waals surface area contributed by atoms with Gasteiger partial charge in [-0.05, 0) is 25.7 Å². The summed E-state index contributed by atoms with van der Waals surface area (Å²) >= 11 is 0. The number of aliphatic imine (C=N–C) groups is 1. The molecule has 0 aromatic carbocycles. The summed E-state index contributed by atoms with van der Waals surface area (Å²) in [4.78, 5) is 41.0. The van der Waals surface area contributed by atoms with E-state index in [4.69, 9.17) is 5.73 Å². The number of pyridine rings is 1. The minimum atomic E-state index is -1.14. The Bertz CT molecular complexity index is 1120. The van der Waals surface area contributed by atoms with Crippen molar-refractivity contribution >= 4 is 29.0 Å². The van der Waals surface area contributed by atoms with Crippen LogP contribution in [-0.2, 0) is 9.59 Å². The van der Waals surface area contributed by atoms with Gasteiger partial charge in [0.2, 0.25) is 11.8 Å². The molecule has 4 fully saturated rings. The summed E-state index contributed by atoms with van der Waals surface area (Å²) in [5.41, 5.74) is 9.51. The SMILES string of the molecule is NC1NN2CC(F)CN=C2C1C(=O)Nc1cncc(F)c1N1CCC(C(=O)N2CCN(C3CCC3)CC2)CC1. The number of nitrogens with one attached hydrogen (secondary N) is 2. The largest absolute Gasteiger partial charge is 0.367 e. The molecule has 5 heterocycles. The molecule has 6 rings (SSSR count). The first-order valence-electron chi connectivity index (χ1n) is 14.1. The van der Waals surface area contributed by atoms with E-state index in [1.54, 1.807) is 0 Å². The third kappa shape index (κ3) is 5.19. The fourth-order valence-corrected chi connectivity index (χ4v) is 6.43. The molecule has 11 nitrogen and oxygen atoms in total. The molecule has 0 bridgehead atoms. The molecular formula is C26H37F2N9O2. The molecule has 3 saturated heterocycles. The number of carbonyl (C=O) groups is 2. The third-order valence-corrected chi connectivity index (χ3v) is 8.84. The summed E-state index contributed by atoms with van der Waals surface area (Å²) in [6.45, 7) is 4.46. The molecule has 4 aliphatic heterocycles. The highest BCUT2D eigenvalue weighted by atomic mass is 19.1. The molecule has 0 spiro atoms. The van der Waals surface area contributed by atoms with Gasteiger partial charge in [-0.3, -0.25) is 29.5 Å². The molecule has 1 aromatic heterocycles. The molecule has 1 aliphatic carbocycles. The quantitative estimate of drug-likeness (QED) is 0.490. The van der Waals surface area contributed by atoms with Gasteiger partial charge in [0.15, 0.2) is 5.82 Å². The van der Waals surface area contributed by atoms with Crippen molar-refractivity contribution in [3.05, 3.63) is 18.2 Å². The lowest BCUT2D eigenvalue weighted by molar-refractivity contribution is -0.138. The van der Waals surface area contributed by atoms with Crippen molar-refractivity contribution in [1.82, 2.24) is 25.2 Å². The second-order valence-corrected chi connectivity index (χ2v) is 11.3. The van der Waals surface area contributed by atoms with Crippen LogP contribution < -0.4 is 21.4 Å². The van der Waals surface area contributed by atoms with Crippen molar-refractivity contribution in [3.63, 3.8) is 0 Å². The maximum absolute atomic E-state index is 15.1. The first-order chi connectivity index (χ1) is 18.9. The van der Waals surface area contributed by atoms with Gasteiger partial charge in [0, 0.05) is 51.2 Å². The van der Waals surface area contributed by atoms with Gasteiger partial charge < -0.3 is 20.9 Å². The molecule has 39 heavy (non-hydrogen) atoms. The number of hydrazine groups is 1. The number of amidine groups is 1. The summed E-state index contributed by atoms with van der Waals surface area (Å²) in [5, 5.41) is 4.26. The van der Waals surface area contributed by atoms with E-state index < -0.39 is 30.0 Å². The highest BCUT2D eigenvalue weighted by Gasteiger charge is 2.44. The monoisotopic (exact) mass is 545 g/mol. The number of hydrogen-bond acceptors (Lipinski definition) is 9. The van der Waals surface area contributed by atoms with E-state index in [2.05, 4.69) is 25.6 Å². The number of hydrogen-bond donors (Lipinski definition) is 3. The standard InChI is InChI=1S/C26H37F2N9O2/c27-17-12-31-24-21(23(29)33-37(24)15-17)25(38)32-20-14-30-13-19(28)22(20)35-6-4-16(5-7-35)26(39)36-10-8-34(9-11-36)18-2-1-3-18/h13-14,16-18,21,23,33H,1-12,15,29H2,(H,32,38). The van der Waals surface area contributed by atoms with Crippen molar-refractivity contribution in [2.45, 2.75) is 50.5 Å². The summed E-state index contributed by atoms with van der Waals surface area (Å²) in [5.74, 6) is -1.36. The van der Waals surface area contributed by atoms with E-state index in [-0.39, 0.29) is 36.3 Å². The number of rotatable bonds is 5. The second-order valence-electron chi connectivity index (χ2n) is 11.3. The van der Waals surface area contributed by atoms with Crippen LogP contribution in [-0.4, -0.2) is 108 Å². The fourth-order valence-electron chi connectivity index (χ4n) is 6.43. The van der Waals surface area contributed by atoms with Gasteiger partial charge in [-0.2, -0.15) is 0 Å². The Morgan fingerprint density at radius 1 is 1.05 bits per heavy atom. The van der Waals surface area contributed by atoms with Crippen LogP contribution in [0.3, 0.4) is 0 Å². The van der Waals surface area contributed by atoms with Crippen LogP contribution in [0.5, 0.6) is 0 Å². The zero-order valence-corrected chi connectivity index (χ0v) is 22.1. The first kappa shape index (κ1) is 26.3. The Kier molecular flexibility index (Phi) is 7.38. The van der Waals surface area contributed by atoms with Gasteiger partial charge in [-0.25, -0.2) is 14.2 Å². The van der Waals surface area contributed by atoms with Crippen LogP contribution >= 0.6 is 0 Å². The van der Waals surface area contributed by atoms with Crippen molar-refractivity contribution in [2.75, 3.05) is 62.6 Å². The van der Waals surface area contributed by atoms with Gasteiger partial charge in [-0.15, -0.1) is 0 Å². The lowest BCUT2D eigenvalue weighted by Gasteiger charge is -2.44. The fraction of sp³-hybridized carbons (Fsp3) is 0.692. The van der Waals surface area contributed by atoms with Crippen molar-refractivity contribution in [2.24, 2.45) is 22.6 Å². The Morgan fingerprint density at radius 3 is 2.49 bits per heavy atom. The van der Waals surface area contributed by atoms with Crippen molar-refractivity contribution < 1.29 is 18.4 Å². The van der Waals surface area contributed by atoms with Crippen LogP contribution in [0.4, 0.5) is 20.2 Å². The Balaban J connectivity index is 1.08. The molecule has 3 unspecified atom stereocenters. The predicted octanol–water partition coefficient (Wildman–Crippen LogP) is 0.544. The average molecular weight is 546 g/mol. The number of amides is 2. The zero-order chi connectivity index (χ0) is 27.1. The van der Waals surface area contributed by atoms with Crippen molar-refractivity contribution in [3.8, 4) is 0 Å². The lowest BCUT2D eigenvalue weighted by Crippen LogP contribution is -2.55. The second kappa shape index (κ2) is 10.9. The van der Waals surface area contributed by atoms with Gasteiger partial charge >= 0.3 is 0 Å². The van der Waals surface area contributed by atoms with Crippen molar-refractivity contribution in [1.29, 1.82) is 0 Å². The number of piperidine rings is 1. The van der Waals surface area contributed by atoms with E-state index >= 15 is 4.39 Å². The minimum Gasteiger partial charge on any atom is -0.367 e. The molecule has 212 valence electrons. The molecule has 2 amide bonds. The van der Waals surface area contributed by atoms with E-state index in [0.717, 1.165) is 32.4 Å². The Morgan fingerprint density at radius 2 is 1.79 bits per heavy atom. The lowest BCUT2D eigenvalue weighted by atomic mass is 9.90. The number of piperazine rings is 1. The Labute approximate surface area is 226 Å². The Hall–Kier alpha value is -2.90. The van der Waals surface area contributed by atoms with E-state index in [1.165, 1.54) is 30.5 Å². The highest BCUT2D eigenvalue weighted by molar-refractivity contribution is 6.11. The molecule has 5 aliphatic rings. The molecule has 3 atom stereocenters. The molecule has 4 N–H and O–H groups in total. The summed E-state index contributed by atoms with van der Waals surface area (Å²) in [6, 6.07) is 0.702. The molecule has 1 saturated carbocycles. The van der Waals surface area contributed by atoms with Gasteiger partial charge in [0.1, 0.15) is 23.6 Å². The topological polar surface area (TPSA) is 122 Å². The molecule has 0 radical (unpaired) electrons. The molecule has 13 heteroatoms. The van der Waals surface area contributed by atoms with Crippen LogP contribution in [0.25, 0.3) is 0 Å². The average Bonchev–Trinajstić information content (AvgIpc) is 3.23. The number of carbonyl (C=O) groups excluding carboxylic acids is 2. The number of halogens is 2. The minimum absolute atomic E-state index is 0.0271.